The fraction of sp³-hybridized carbons (Fsp3) is 0.105. The fourth-order valence-electron chi connectivity index (χ4n) is 2.55. The zero-order chi connectivity index (χ0) is 18.4. The summed E-state index contributed by atoms with van der Waals surface area (Å²) in [5.41, 5.74) is 5.13. The zero-order valence-corrected chi connectivity index (χ0v) is 13.9. The van der Waals surface area contributed by atoms with Crippen LogP contribution in [0.3, 0.4) is 0 Å². The van der Waals surface area contributed by atoms with Crippen LogP contribution in [0.25, 0.3) is 11.1 Å². The van der Waals surface area contributed by atoms with Crippen LogP contribution in [0.15, 0.2) is 61.1 Å². The lowest BCUT2D eigenvalue weighted by atomic mass is 10.0. The normalized spacial score (nSPS) is 10.3. The number of amides is 2. The van der Waals surface area contributed by atoms with Gasteiger partial charge in [-0.05, 0) is 35.4 Å². The number of carbonyl (C=O) groups is 2. The molecule has 0 aliphatic carbocycles. The Balaban J connectivity index is 1.67. The van der Waals surface area contributed by atoms with Gasteiger partial charge in [0.1, 0.15) is 0 Å². The molecular weight excluding hydrogens is 332 g/mol. The Morgan fingerprint density at radius 3 is 2.50 bits per heavy atom. The van der Waals surface area contributed by atoms with Gasteiger partial charge in [0, 0.05) is 30.3 Å². The number of aromatic amines is 1. The lowest BCUT2D eigenvalue weighted by Crippen LogP contribution is -2.25. The van der Waals surface area contributed by atoms with E-state index in [9.17, 15) is 9.59 Å². The summed E-state index contributed by atoms with van der Waals surface area (Å²) in [6.45, 7) is 0.499. The molecule has 0 aliphatic rings. The molecule has 1 aromatic heterocycles. The molecule has 0 bridgehead atoms. The number of aromatic nitrogens is 2. The van der Waals surface area contributed by atoms with Crippen LogP contribution in [-0.2, 0) is 6.42 Å². The van der Waals surface area contributed by atoms with Gasteiger partial charge in [-0.2, -0.15) is 0 Å². The summed E-state index contributed by atoms with van der Waals surface area (Å²) in [7, 11) is 0. The maximum Gasteiger partial charge on any atom is 0.274 e. The third-order valence-electron chi connectivity index (χ3n) is 3.93. The maximum absolute atomic E-state index is 12.3. The molecular formula is C19H18N4O3. The number of hydrogen-bond donors (Lipinski definition) is 4. The van der Waals surface area contributed by atoms with Gasteiger partial charge in [-0.25, -0.2) is 10.5 Å². The van der Waals surface area contributed by atoms with Gasteiger partial charge < -0.3 is 10.3 Å². The van der Waals surface area contributed by atoms with Crippen LogP contribution >= 0.6 is 0 Å². The number of nitrogens with one attached hydrogen (secondary N) is 3. The number of nitrogens with zero attached hydrogens (tertiary/aromatic N) is 1. The minimum Gasteiger partial charge on any atom is -0.352 e. The Bertz CT molecular complexity index is 889. The molecule has 0 unspecified atom stereocenters. The van der Waals surface area contributed by atoms with Gasteiger partial charge in [0.15, 0.2) is 0 Å². The molecule has 2 aromatic carbocycles. The Labute approximate surface area is 150 Å². The fourth-order valence-corrected chi connectivity index (χ4v) is 2.55. The molecule has 0 aliphatic heterocycles. The molecule has 4 N–H and O–H groups in total. The van der Waals surface area contributed by atoms with Crippen molar-refractivity contribution in [3.8, 4) is 11.1 Å². The molecule has 26 heavy (non-hydrogen) atoms. The van der Waals surface area contributed by atoms with Crippen molar-refractivity contribution in [3.63, 3.8) is 0 Å². The molecule has 0 atom stereocenters. The highest BCUT2D eigenvalue weighted by Gasteiger charge is 2.08. The first-order valence-corrected chi connectivity index (χ1v) is 8.08. The van der Waals surface area contributed by atoms with E-state index in [0.717, 1.165) is 16.8 Å². The Hall–Kier alpha value is -3.45. The van der Waals surface area contributed by atoms with Crippen molar-refractivity contribution in [1.82, 2.24) is 20.8 Å². The molecule has 0 saturated heterocycles. The summed E-state index contributed by atoms with van der Waals surface area (Å²) in [6.07, 6.45) is 4.06. The third kappa shape index (κ3) is 4.14. The minimum atomic E-state index is -0.568. The van der Waals surface area contributed by atoms with Crippen molar-refractivity contribution in [2.24, 2.45) is 0 Å². The highest BCUT2D eigenvalue weighted by molar-refractivity contribution is 5.96. The van der Waals surface area contributed by atoms with Gasteiger partial charge >= 0.3 is 0 Å². The van der Waals surface area contributed by atoms with Gasteiger partial charge in [0.25, 0.3) is 11.8 Å². The number of carbonyl (C=O) groups excluding carboxylic acids is 2. The molecule has 2 amide bonds. The van der Waals surface area contributed by atoms with Gasteiger partial charge in [0.2, 0.25) is 0 Å². The van der Waals surface area contributed by atoms with Crippen molar-refractivity contribution in [1.29, 1.82) is 0 Å². The summed E-state index contributed by atoms with van der Waals surface area (Å²) in [5, 5.41) is 11.5. The molecule has 7 nitrogen and oxygen atoms in total. The second-order valence-corrected chi connectivity index (χ2v) is 5.67. The Morgan fingerprint density at radius 1 is 1.00 bits per heavy atom. The number of imidazole rings is 1. The second kappa shape index (κ2) is 8.09. The molecule has 0 fully saturated rings. The van der Waals surface area contributed by atoms with E-state index in [4.69, 9.17) is 5.21 Å². The number of benzene rings is 2. The average molecular weight is 350 g/mol. The van der Waals surface area contributed by atoms with Crippen LogP contribution in [0.2, 0.25) is 0 Å². The van der Waals surface area contributed by atoms with E-state index in [0.29, 0.717) is 24.1 Å². The van der Waals surface area contributed by atoms with Crippen molar-refractivity contribution < 1.29 is 14.8 Å². The molecule has 1 heterocycles. The molecule has 132 valence electrons. The first-order chi connectivity index (χ1) is 12.7. The summed E-state index contributed by atoms with van der Waals surface area (Å²) in [5.74, 6) is -0.722. The first-order valence-electron chi connectivity index (χ1n) is 8.08. The smallest absolute Gasteiger partial charge is 0.274 e. The van der Waals surface area contributed by atoms with Crippen molar-refractivity contribution in [2.45, 2.75) is 6.42 Å². The summed E-state index contributed by atoms with van der Waals surface area (Å²) < 4.78 is 0. The van der Waals surface area contributed by atoms with E-state index < -0.39 is 5.91 Å². The van der Waals surface area contributed by atoms with E-state index >= 15 is 0 Å². The third-order valence-corrected chi connectivity index (χ3v) is 3.93. The van der Waals surface area contributed by atoms with Crippen LogP contribution in [0.4, 0.5) is 0 Å². The van der Waals surface area contributed by atoms with E-state index in [-0.39, 0.29) is 5.91 Å². The van der Waals surface area contributed by atoms with E-state index in [1.807, 2.05) is 12.1 Å². The number of hydroxylamine groups is 1. The highest BCUT2D eigenvalue weighted by atomic mass is 16.5. The second-order valence-electron chi connectivity index (χ2n) is 5.67. The SMILES string of the molecule is O=C(NO)c1ccc(-c2cccc(C(=O)NCCc3c[nH]cn3)c2)cc1. The van der Waals surface area contributed by atoms with Crippen molar-refractivity contribution in [2.75, 3.05) is 6.54 Å². The number of rotatable bonds is 6. The van der Waals surface area contributed by atoms with Crippen LogP contribution in [0.1, 0.15) is 26.4 Å². The van der Waals surface area contributed by atoms with Crippen molar-refractivity contribution in [3.05, 3.63) is 77.9 Å². The highest BCUT2D eigenvalue weighted by Crippen LogP contribution is 2.21. The van der Waals surface area contributed by atoms with Crippen LogP contribution in [0, 0.1) is 0 Å². The molecule has 3 rings (SSSR count). The first kappa shape index (κ1) is 17.4. The number of H-pyrrole nitrogens is 1. The predicted molar refractivity (Wildman–Crippen MR) is 95.8 cm³/mol. The van der Waals surface area contributed by atoms with Crippen LogP contribution in [0.5, 0.6) is 0 Å². The van der Waals surface area contributed by atoms with Crippen LogP contribution < -0.4 is 10.8 Å². The van der Waals surface area contributed by atoms with E-state index in [2.05, 4.69) is 15.3 Å². The van der Waals surface area contributed by atoms with Gasteiger partial charge in [-0.1, -0.05) is 24.3 Å². The molecule has 7 heteroatoms. The van der Waals surface area contributed by atoms with Gasteiger partial charge in [0.05, 0.1) is 12.0 Å². The minimum absolute atomic E-state index is 0.154. The lowest BCUT2D eigenvalue weighted by molar-refractivity contribution is 0.0706. The van der Waals surface area contributed by atoms with E-state index in [1.54, 1.807) is 54.4 Å². The number of hydrogen-bond acceptors (Lipinski definition) is 4. The molecule has 3 aromatic rings. The quantitative estimate of drug-likeness (QED) is 0.404. The van der Waals surface area contributed by atoms with Gasteiger partial charge in [-0.15, -0.1) is 0 Å². The zero-order valence-electron chi connectivity index (χ0n) is 13.9. The Morgan fingerprint density at radius 2 is 1.81 bits per heavy atom. The molecule has 0 spiro atoms. The maximum atomic E-state index is 12.3. The molecule has 0 saturated carbocycles. The topological polar surface area (TPSA) is 107 Å². The standard InChI is InChI=1S/C19H18N4O3/c24-18(21-9-8-17-11-20-12-22-17)16-3-1-2-15(10-16)13-4-6-14(7-5-13)19(25)23-26/h1-7,10-12,26H,8-9H2,(H,20,22)(H,21,24)(H,23,25). The van der Waals surface area contributed by atoms with Crippen LogP contribution in [-0.4, -0.2) is 33.5 Å². The monoisotopic (exact) mass is 350 g/mol. The lowest BCUT2D eigenvalue weighted by Gasteiger charge is -2.07. The summed E-state index contributed by atoms with van der Waals surface area (Å²) in [6, 6.07) is 14.0. The molecule has 0 radical (unpaired) electrons. The van der Waals surface area contributed by atoms with E-state index in [1.165, 1.54) is 0 Å². The predicted octanol–water partition coefficient (Wildman–Crippen LogP) is 2.17. The van der Waals surface area contributed by atoms with Crippen molar-refractivity contribution >= 4 is 11.8 Å². The Kier molecular flexibility index (Phi) is 5.40. The average Bonchev–Trinajstić information content (AvgIpc) is 3.21. The largest absolute Gasteiger partial charge is 0.352 e. The summed E-state index contributed by atoms with van der Waals surface area (Å²) >= 11 is 0. The summed E-state index contributed by atoms with van der Waals surface area (Å²) in [4.78, 5) is 30.7. The van der Waals surface area contributed by atoms with Gasteiger partial charge in [-0.3, -0.25) is 14.8 Å².